The Kier molecular flexibility index (Phi) is 1.40. The highest BCUT2D eigenvalue weighted by atomic mass is 15.6. The first kappa shape index (κ1) is 7.08. The van der Waals surface area contributed by atoms with Crippen LogP contribution in [0.4, 0.5) is 0 Å². The number of hydrogen-bond donors (Lipinski definition) is 1. The molecule has 4 nitrogen and oxygen atoms in total. The van der Waals surface area contributed by atoms with Gasteiger partial charge in [-0.15, -0.1) is 0 Å². The molecule has 1 aliphatic heterocycles. The summed E-state index contributed by atoms with van der Waals surface area (Å²) in [6, 6.07) is 0.534. The van der Waals surface area contributed by atoms with E-state index in [1.54, 1.807) is 0 Å². The summed E-state index contributed by atoms with van der Waals surface area (Å²) in [5.74, 6) is 0. The van der Waals surface area contributed by atoms with E-state index in [0.29, 0.717) is 6.04 Å². The Labute approximate surface area is 59.7 Å². The molecular weight excluding hydrogens is 128 g/mol. The number of fused-ring (bicyclic) bond motifs is 1. The number of nitrogens with zero attached hydrogens (tertiary/aromatic N) is 3. The van der Waals surface area contributed by atoms with E-state index in [4.69, 9.17) is 0 Å². The van der Waals surface area contributed by atoms with E-state index in [0.717, 1.165) is 0 Å². The normalized spacial score (nSPS) is 12.7. The predicted octanol–water partition coefficient (Wildman–Crippen LogP) is 1.23. The fourth-order valence-corrected chi connectivity index (χ4v) is 0.956. The van der Waals surface area contributed by atoms with E-state index in [-0.39, 0.29) is 6.15 Å². The van der Waals surface area contributed by atoms with Crippen LogP contribution in [0, 0.1) is 0 Å². The van der Waals surface area contributed by atoms with Crippen LogP contribution in [0.1, 0.15) is 25.6 Å². The molecule has 4 heteroatoms. The molecule has 3 N–H and O–H groups in total. The van der Waals surface area contributed by atoms with Crippen molar-refractivity contribution in [3.8, 4) is 0 Å². The second-order valence-corrected chi connectivity index (χ2v) is 2.56. The van der Waals surface area contributed by atoms with Crippen LogP contribution in [-0.4, -0.2) is 15.7 Å². The standard InChI is InChI=1S/C6H9N3.H3N/c1-5(2)8-4-6-3-7-9(6)8;/h3-5H,1-2H3;1H3. The largest absolute Gasteiger partial charge is 0.344 e. The summed E-state index contributed by atoms with van der Waals surface area (Å²) in [6.45, 7) is 4.28. The molecule has 0 unspecified atom stereocenters. The molecule has 10 heavy (non-hydrogen) atoms. The van der Waals surface area contributed by atoms with E-state index in [1.165, 1.54) is 5.69 Å². The summed E-state index contributed by atoms with van der Waals surface area (Å²) in [4.78, 5) is 1.91. The lowest BCUT2D eigenvalue weighted by atomic mass is 10.3. The lowest BCUT2D eigenvalue weighted by molar-refractivity contribution is 0.380. The molecule has 0 spiro atoms. The molecule has 0 atom stereocenters. The van der Waals surface area contributed by atoms with Crippen molar-refractivity contribution in [1.29, 1.82) is 0 Å². The quantitative estimate of drug-likeness (QED) is 0.636. The molecule has 1 aliphatic rings. The first-order chi connectivity index (χ1) is 4.29. The van der Waals surface area contributed by atoms with Crippen LogP contribution in [0.3, 0.4) is 0 Å². The molecule has 0 aromatic carbocycles. The maximum atomic E-state index is 4.01. The van der Waals surface area contributed by atoms with Gasteiger partial charge in [-0.25, -0.2) is 0 Å². The van der Waals surface area contributed by atoms with Crippen LogP contribution >= 0.6 is 0 Å². The zero-order valence-electron chi connectivity index (χ0n) is 6.28. The van der Waals surface area contributed by atoms with Crippen LogP contribution in [0.2, 0.25) is 0 Å². The van der Waals surface area contributed by atoms with Gasteiger partial charge >= 0.3 is 0 Å². The first-order valence-corrected chi connectivity index (χ1v) is 3.13. The average Bonchev–Trinajstić information content (AvgIpc) is 1.76. The summed E-state index contributed by atoms with van der Waals surface area (Å²) in [5.41, 5.74) is 1.23. The van der Waals surface area contributed by atoms with Gasteiger partial charge in [0, 0.05) is 6.04 Å². The molecule has 0 radical (unpaired) electrons. The van der Waals surface area contributed by atoms with Crippen LogP contribution < -0.4 is 6.15 Å². The molecule has 2 rings (SSSR count). The SMILES string of the molecule is CC(C)n1cc2n1N=C2.N. The maximum Gasteiger partial charge on any atom is 0.122 e. The zero-order chi connectivity index (χ0) is 6.43. The van der Waals surface area contributed by atoms with Crippen molar-refractivity contribution in [3.05, 3.63) is 11.9 Å². The third-order valence-electron chi connectivity index (χ3n) is 1.54. The van der Waals surface area contributed by atoms with E-state index in [1.807, 2.05) is 11.0 Å². The van der Waals surface area contributed by atoms with Gasteiger partial charge < -0.3 is 6.15 Å². The van der Waals surface area contributed by atoms with Gasteiger partial charge in [0.05, 0.1) is 12.4 Å². The fourth-order valence-electron chi connectivity index (χ4n) is 0.956. The first-order valence-electron chi connectivity index (χ1n) is 3.13. The van der Waals surface area contributed by atoms with Crippen LogP contribution in [0.5, 0.6) is 0 Å². The minimum Gasteiger partial charge on any atom is -0.344 e. The molecule has 0 aliphatic carbocycles. The summed E-state index contributed by atoms with van der Waals surface area (Å²) >= 11 is 0. The van der Waals surface area contributed by atoms with Gasteiger partial charge in [-0.1, -0.05) is 0 Å². The summed E-state index contributed by atoms with van der Waals surface area (Å²) < 4.78 is 2.09. The maximum absolute atomic E-state index is 4.01. The Bertz CT molecular complexity index is 253. The Hall–Kier alpha value is -1.03. The highest BCUT2D eigenvalue weighted by Crippen LogP contribution is 2.15. The molecule has 1 aromatic heterocycles. The summed E-state index contributed by atoms with van der Waals surface area (Å²) in [5, 5.41) is 4.01. The van der Waals surface area contributed by atoms with E-state index in [9.17, 15) is 0 Å². The predicted molar refractivity (Wildman–Crippen MR) is 40.8 cm³/mol. The van der Waals surface area contributed by atoms with Crippen molar-refractivity contribution < 1.29 is 0 Å². The zero-order valence-corrected chi connectivity index (χ0v) is 6.28. The number of hydrogen-bond acceptors (Lipinski definition) is 2. The van der Waals surface area contributed by atoms with E-state index in [2.05, 4.69) is 29.8 Å². The molecule has 0 bridgehead atoms. The third kappa shape index (κ3) is 0.623. The topological polar surface area (TPSA) is 57.2 Å². The molecule has 2 heterocycles. The smallest absolute Gasteiger partial charge is 0.122 e. The monoisotopic (exact) mass is 140 g/mol. The van der Waals surface area contributed by atoms with Crippen molar-refractivity contribution in [2.75, 3.05) is 0 Å². The van der Waals surface area contributed by atoms with Gasteiger partial charge in [0.2, 0.25) is 0 Å². The number of aromatic nitrogens is 2. The van der Waals surface area contributed by atoms with Crippen LogP contribution in [0.15, 0.2) is 11.3 Å². The Morgan fingerprint density at radius 1 is 1.50 bits per heavy atom. The molecule has 0 saturated carbocycles. The van der Waals surface area contributed by atoms with Gasteiger partial charge in [0.25, 0.3) is 0 Å². The van der Waals surface area contributed by atoms with Gasteiger partial charge in [-0.2, -0.15) is 9.89 Å². The Balaban J connectivity index is 0.000000500. The fraction of sp³-hybridized carbons (Fsp3) is 0.500. The third-order valence-corrected chi connectivity index (χ3v) is 1.54. The van der Waals surface area contributed by atoms with Crippen molar-refractivity contribution in [2.45, 2.75) is 19.9 Å². The summed E-state index contributed by atoms with van der Waals surface area (Å²) in [6.07, 6.45) is 3.95. The lowest BCUT2D eigenvalue weighted by Crippen LogP contribution is -2.29. The highest BCUT2D eigenvalue weighted by Gasteiger charge is 2.15. The Morgan fingerprint density at radius 2 is 2.20 bits per heavy atom. The van der Waals surface area contributed by atoms with E-state index < -0.39 is 0 Å². The second-order valence-electron chi connectivity index (χ2n) is 2.56. The van der Waals surface area contributed by atoms with Crippen molar-refractivity contribution in [1.82, 2.24) is 15.6 Å². The van der Waals surface area contributed by atoms with Crippen molar-refractivity contribution in [3.63, 3.8) is 0 Å². The number of rotatable bonds is 1. The van der Waals surface area contributed by atoms with Gasteiger partial charge in [-0.3, -0.25) is 4.68 Å². The van der Waals surface area contributed by atoms with Crippen molar-refractivity contribution in [2.24, 2.45) is 5.10 Å². The lowest BCUT2D eigenvalue weighted by Gasteiger charge is -2.27. The Morgan fingerprint density at radius 3 is 2.30 bits per heavy atom. The molecule has 56 valence electrons. The molecule has 0 amide bonds. The molecular formula is C6H12N4. The minimum atomic E-state index is 0. The minimum absolute atomic E-state index is 0. The van der Waals surface area contributed by atoms with E-state index >= 15 is 0 Å². The average molecular weight is 140 g/mol. The highest BCUT2D eigenvalue weighted by molar-refractivity contribution is 5.81. The van der Waals surface area contributed by atoms with Crippen LogP contribution in [-0.2, 0) is 0 Å². The second kappa shape index (κ2) is 1.98. The van der Waals surface area contributed by atoms with Gasteiger partial charge in [0.15, 0.2) is 0 Å². The molecule has 1 aromatic rings. The van der Waals surface area contributed by atoms with Crippen LogP contribution in [0.25, 0.3) is 0 Å². The van der Waals surface area contributed by atoms with Gasteiger partial charge in [-0.05, 0) is 13.8 Å². The molecule has 0 fully saturated rings. The van der Waals surface area contributed by atoms with Gasteiger partial charge in [0.1, 0.15) is 5.69 Å². The summed E-state index contributed by atoms with van der Waals surface area (Å²) in [7, 11) is 0. The van der Waals surface area contributed by atoms with Crippen molar-refractivity contribution >= 4 is 6.21 Å². The molecule has 0 saturated heterocycles.